The monoisotopic (exact) mass is 478 g/mol. The van der Waals surface area contributed by atoms with Crippen molar-refractivity contribution in [3.8, 4) is 11.1 Å². The van der Waals surface area contributed by atoms with Gasteiger partial charge in [0.1, 0.15) is 6.61 Å². The highest BCUT2D eigenvalue weighted by molar-refractivity contribution is 5.80. The number of carbonyl (C=O) groups is 3. The van der Waals surface area contributed by atoms with Gasteiger partial charge in [0, 0.05) is 23.9 Å². The largest absolute Gasteiger partial charge is 0.481 e. The molecule has 0 unspecified atom stereocenters. The molecule has 4 rings (SSSR count). The summed E-state index contributed by atoms with van der Waals surface area (Å²) in [5.41, 5.74) is 3.80. The van der Waals surface area contributed by atoms with Crippen molar-refractivity contribution >= 4 is 18.0 Å². The van der Waals surface area contributed by atoms with Gasteiger partial charge in [0.2, 0.25) is 5.91 Å². The molecule has 0 radical (unpaired) electrons. The van der Waals surface area contributed by atoms with Crippen LogP contribution in [0.4, 0.5) is 4.79 Å². The van der Waals surface area contributed by atoms with Crippen molar-refractivity contribution in [2.45, 2.75) is 69.9 Å². The van der Waals surface area contributed by atoms with Crippen molar-refractivity contribution in [3.63, 3.8) is 0 Å². The molecule has 2 aromatic carbocycles. The van der Waals surface area contributed by atoms with Crippen LogP contribution >= 0.6 is 0 Å². The number of hydrogen-bond acceptors (Lipinski definition) is 4. The van der Waals surface area contributed by atoms with Gasteiger partial charge in [0.25, 0.3) is 0 Å². The predicted molar refractivity (Wildman–Crippen MR) is 133 cm³/mol. The summed E-state index contributed by atoms with van der Waals surface area (Å²) < 4.78 is 5.62. The van der Waals surface area contributed by atoms with Gasteiger partial charge in [0.15, 0.2) is 0 Å². The molecule has 2 aliphatic rings. The van der Waals surface area contributed by atoms with Crippen LogP contribution in [0.5, 0.6) is 0 Å². The van der Waals surface area contributed by atoms with Crippen LogP contribution in [0.15, 0.2) is 48.5 Å². The van der Waals surface area contributed by atoms with Crippen molar-refractivity contribution in [1.29, 1.82) is 0 Å². The van der Waals surface area contributed by atoms with Gasteiger partial charge in [-0.25, -0.2) is 4.79 Å². The first-order chi connectivity index (χ1) is 16.7. The second-order valence-electron chi connectivity index (χ2n) is 10.3. The maximum atomic E-state index is 12.7. The quantitative estimate of drug-likeness (QED) is 0.503. The first kappa shape index (κ1) is 24.8. The number of carboxylic acid groups (broad SMARTS) is 1. The van der Waals surface area contributed by atoms with E-state index >= 15 is 0 Å². The molecule has 2 atom stereocenters. The predicted octanol–water partition coefficient (Wildman–Crippen LogP) is 4.84. The topological polar surface area (TPSA) is 105 Å². The van der Waals surface area contributed by atoms with Crippen LogP contribution in [0.1, 0.15) is 69.4 Å². The Morgan fingerprint density at radius 3 is 2.20 bits per heavy atom. The van der Waals surface area contributed by atoms with E-state index in [2.05, 4.69) is 34.9 Å². The SMILES string of the molecule is CC(C)(CC(=O)N[C@@H]1CCCC[C@@H]1CC(=O)O)NC(=O)OCC1c2ccccc2-c2ccccc21. The zero-order valence-corrected chi connectivity index (χ0v) is 20.4. The van der Waals surface area contributed by atoms with E-state index in [0.29, 0.717) is 0 Å². The van der Waals surface area contributed by atoms with Crippen molar-refractivity contribution in [1.82, 2.24) is 10.6 Å². The average Bonchev–Trinajstić information content (AvgIpc) is 3.12. The number of aliphatic carboxylic acids is 1. The molecule has 7 nitrogen and oxygen atoms in total. The summed E-state index contributed by atoms with van der Waals surface area (Å²) in [7, 11) is 0. The molecule has 2 amide bonds. The van der Waals surface area contributed by atoms with Gasteiger partial charge in [-0.05, 0) is 54.9 Å². The molecule has 0 saturated heterocycles. The van der Waals surface area contributed by atoms with Crippen molar-refractivity contribution < 1.29 is 24.2 Å². The van der Waals surface area contributed by atoms with E-state index in [0.717, 1.165) is 47.9 Å². The van der Waals surface area contributed by atoms with E-state index in [-0.39, 0.29) is 43.2 Å². The molecule has 7 heteroatoms. The fourth-order valence-corrected chi connectivity index (χ4v) is 5.48. The summed E-state index contributed by atoms with van der Waals surface area (Å²) in [6, 6.07) is 16.2. The van der Waals surface area contributed by atoms with Gasteiger partial charge in [-0.1, -0.05) is 61.4 Å². The number of fused-ring (bicyclic) bond motifs is 3. The molecule has 0 bridgehead atoms. The van der Waals surface area contributed by atoms with Gasteiger partial charge in [-0.2, -0.15) is 0 Å². The second-order valence-corrected chi connectivity index (χ2v) is 10.3. The lowest BCUT2D eigenvalue weighted by atomic mass is 9.82. The Kier molecular flexibility index (Phi) is 7.43. The highest BCUT2D eigenvalue weighted by Gasteiger charge is 2.32. The Balaban J connectivity index is 1.31. The summed E-state index contributed by atoms with van der Waals surface area (Å²) in [5.74, 6) is -1.12. The summed E-state index contributed by atoms with van der Waals surface area (Å²) in [5, 5.41) is 15.0. The standard InChI is InChI=1S/C28H34N2O5/c1-28(2,16-25(31)29-24-14-8-3-9-18(24)15-26(32)33)30-27(34)35-17-23-21-12-6-4-10-19(21)20-11-5-7-13-22(20)23/h4-7,10-13,18,23-24H,3,8-9,14-17H2,1-2H3,(H,29,31)(H,30,34)(H,32,33)/t18-,24-/m1/s1. The molecule has 2 aromatic rings. The third kappa shape index (κ3) is 6.02. The fraction of sp³-hybridized carbons (Fsp3) is 0.464. The Bertz CT molecular complexity index is 1050. The van der Waals surface area contributed by atoms with Crippen LogP contribution in [-0.4, -0.2) is 41.3 Å². The molecule has 0 spiro atoms. The summed E-state index contributed by atoms with van der Waals surface area (Å²) in [6.07, 6.45) is 3.12. The minimum atomic E-state index is -0.839. The number of carboxylic acids is 1. The lowest BCUT2D eigenvalue weighted by Gasteiger charge is -2.33. The molecule has 1 saturated carbocycles. The maximum absolute atomic E-state index is 12.7. The third-order valence-electron chi connectivity index (χ3n) is 7.08. The Morgan fingerprint density at radius 2 is 1.57 bits per heavy atom. The number of hydrogen-bond donors (Lipinski definition) is 3. The minimum absolute atomic E-state index is 0.0305. The van der Waals surface area contributed by atoms with E-state index in [1.807, 2.05) is 24.3 Å². The summed E-state index contributed by atoms with van der Waals surface area (Å²) in [4.78, 5) is 36.6. The Hall–Kier alpha value is -3.35. The zero-order chi connectivity index (χ0) is 25.0. The Labute approximate surface area is 206 Å². The van der Waals surface area contributed by atoms with Crippen LogP contribution in [0.2, 0.25) is 0 Å². The number of carbonyl (C=O) groups excluding carboxylic acids is 2. The lowest BCUT2D eigenvalue weighted by Crippen LogP contribution is -2.50. The van der Waals surface area contributed by atoms with Gasteiger partial charge in [0.05, 0.1) is 6.42 Å². The normalized spacial score (nSPS) is 19.4. The molecular formula is C28H34N2O5. The van der Waals surface area contributed by atoms with E-state index in [4.69, 9.17) is 9.84 Å². The first-order valence-electron chi connectivity index (χ1n) is 12.4. The molecule has 0 heterocycles. The van der Waals surface area contributed by atoms with Gasteiger partial charge < -0.3 is 20.5 Å². The van der Waals surface area contributed by atoms with Crippen molar-refractivity contribution in [2.75, 3.05) is 6.61 Å². The number of ether oxygens (including phenoxy) is 1. The number of nitrogens with one attached hydrogen (secondary N) is 2. The zero-order valence-electron chi connectivity index (χ0n) is 20.4. The summed E-state index contributed by atoms with van der Waals surface area (Å²) >= 11 is 0. The fourth-order valence-electron chi connectivity index (χ4n) is 5.48. The molecule has 186 valence electrons. The van der Waals surface area contributed by atoms with Gasteiger partial charge >= 0.3 is 12.1 Å². The highest BCUT2D eigenvalue weighted by atomic mass is 16.5. The molecule has 0 aliphatic heterocycles. The highest BCUT2D eigenvalue weighted by Crippen LogP contribution is 2.44. The van der Waals surface area contributed by atoms with E-state index < -0.39 is 17.6 Å². The lowest BCUT2D eigenvalue weighted by molar-refractivity contribution is -0.139. The van der Waals surface area contributed by atoms with Crippen LogP contribution in [0, 0.1) is 5.92 Å². The third-order valence-corrected chi connectivity index (χ3v) is 7.08. The number of alkyl carbamates (subject to hydrolysis) is 1. The van der Waals surface area contributed by atoms with E-state index in [9.17, 15) is 14.4 Å². The molecular weight excluding hydrogens is 444 g/mol. The smallest absolute Gasteiger partial charge is 0.407 e. The first-order valence-corrected chi connectivity index (χ1v) is 12.4. The number of benzene rings is 2. The van der Waals surface area contributed by atoms with Crippen LogP contribution in [0.25, 0.3) is 11.1 Å². The molecule has 3 N–H and O–H groups in total. The van der Waals surface area contributed by atoms with Crippen LogP contribution in [-0.2, 0) is 14.3 Å². The maximum Gasteiger partial charge on any atom is 0.407 e. The molecule has 1 fully saturated rings. The molecule has 2 aliphatic carbocycles. The minimum Gasteiger partial charge on any atom is -0.481 e. The summed E-state index contributed by atoms with van der Waals surface area (Å²) in [6.45, 7) is 3.77. The van der Waals surface area contributed by atoms with Crippen molar-refractivity contribution in [3.05, 3.63) is 59.7 Å². The second kappa shape index (κ2) is 10.5. The number of rotatable bonds is 8. The average molecular weight is 479 g/mol. The van der Waals surface area contributed by atoms with E-state index in [1.165, 1.54) is 0 Å². The van der Waals surface area contributed by atoms with Crippen LogP contribution < -0.4 is 10.6 Å². The van der Waals surface area contributed by atoms with Gasteiger partial charge in [-0.15, -0.1) is 0 Å². The van der Waals surface area contributed by atoms with Gasteiger partial charge in [-0.3, -0.25) is 9.59 Å². The van der Waals surface area contributed by atoms with Crippen molar-refractivity contribution in [2.24, 2.45) is 5.92 Å². The Morgan fingerprint density at radius 1 is 0.971 bits per heavy atom. The molecule has 35 heavy (non-hydrogen) atoms. The van der Waals surface area contributed by atoms with E-state index in [1.54, 1.807) is 13.8 Å². The number of amides is 2. The van der Waals surface area contributed by atoms with Crippen LogP contribution in [0.3, 0.4) is 0 Å². The molecule has 0 aromatic heterocycles.